The summed E-state index contributed by atoms with van der Waals surface area (Å²) in [5.74, 6) is 0.286. The van der Waals surface area contributed by atoms with Gasteiger partial charge < -0.3 is 10.8 Å². The number of hydrogen-bond donors (Lipinski definition) is 2. The van der Waals surface area contributed by atoms with Gasteiger partial charge in [-0.2, -0.15) is 0 Å². The first-order valence-electron chi connectivity index (χ1n) is 7.74. The average Bonchev–Trinajstić information content (AvgIpc) is 2.37. The van der Waals surface area contributed by atoms with Gasteiger partial charge in [-0.3, -0.25) is 0 Å². The normalized spacial score (nSPS) is 12.5. The zero-order chi connectivity index (χ0) is 16.7. The lowest BCUT2D eigenvalue weighted by Crippen LogP contribution is -2.20. The summed E-state index contributed by atoms with van der Waals surface area (Å²) >= 11 is 0. The maximum absolute atomic E-state index is 9.59. The Bertz CT molecular complexity index is 635. The van der Waals surface area contributed by atoms with E-state index in [1.54, 1.807) is 12.1 Å². The smallest absolute Gasteiger partial charge is 0.115 e. The minimum absolute atomic E-state index is 0.0113. The third-order valence-electron chi connectivity index (χ3n) is 3.93. The lowest BCUT2D eigenvalue weighted by Gasteiger charge is -2.31. The number of benzene rings is 2. The summed E-state index contributed by atoms with van der Waals surface area (Å²) in [6.07, 6.45) is 0. The Labute approximate surface area is 134 Å². The molecule has 0 unspecified atom stereocenters. The first kappa shape index (κ1) is 16.4. The van der Waals surface area contributed by atoms with Crippen molar-refractivity contribution in [1.29, 1.82) is 0 Å². The molecule has 0 aliphatic rings. The Balaban J connectivity index is 2.86. The minimum atomic E-state index is -0.0113. The molecule has 0 atom stereocenters. The predicted molar refractivity (Wildman–Crippen MR) is 95.4 cm³/mol. The Morgan fingerprint density at radius 1 is 0.773 bits per heavy atom. The number of phenolic OH excluding ortho intramolecular Hbond substituents is 1. The van der Waals surface area contributed by atoms with Crippen LogP contribution in [-0.4, -0.2) is 5.11 Å². The number of aromatic hydroxyl groups is 1. The molecule has 0 saturated heterocycles. The van der Waals surface area contributed by atoms with Gasteiger partial charge in [-0.1, -0.05) is 53.7 Å². The second-order valence-corrected chi connectivity index (χ2v) is 8.04. The molecule has 0 aliphatic carbocycles. The van der Waals surface area contributed by atoms with E-state index >= 15 is 0 Å². The predicted octanol–water partition coefficient (Wildman–Crippen LogP) is 5.24. The fraction of sp³-hybridized carbons (Fsp3) is 0.400. The largest absolute Gasteiger partial charge is 0.508 e. The van der Waals surface area contributed by atoms with Crippen LogP contribution in [0.3, 0.4) is 0 Å². The van der Waals surface area contributed by atoms with Crippen molar-refractivity contribution < 1.29 is 5.11 Å². The Morgan fingerprint density at radius 2 is 1.18 bits per heavy atom. The Morgan fingerprint density at radius 3 is 1.55 bits per heavy atom. The first-order chi connectivity index (χ1) is 10.00. The first-order valence-corrected chi connectivity index (χ1v) is 7.74. The average molecular weight is 297 g/mol. The molecule has 0 aromatic heterocycles. The van der Waals surface area contributed by atoms with E-state index in [1.807, 2.05) is 12.1 Å². The molecule has 0 saturated carbocycles. The molecule has 2 aromatic rings. The molecule has 0 amide bonds. The van der Waals surface area contributed by atoms with Crippen molar-refractivity contribution in [2.24, 2.45) is 0 Å². The lowest BCUT2D eigenvalue weighted by molar-refractivity contribution is 0.475. The van der Waals surface area contributed by atoms with Crippen molar-refractivity contribution in [2.45, 2.75) is 52.4 Å². The van der Waals surface area contributed by atoms with Crippen LogP contribution in [0.15, 0.2) is 36.4 Å². The van der Waals surface area contributed by atoms with Crippen LogP contribution in [-0.2, 0) is 10.8 Å². The van der Waals surface area contributed by atoms with Crippen LogP contribution < -0.4 is 5.73 Å². The molecular weight excluding hydrogens is 270 g/mol. The van der Waals surface area contributed by atoms with E-state index in [9.17, 15) is 5.11 Å². The van der Waals surface area contributed by atoms with Crippen LogP contribution in [0.4, 0.5) is 5.69 Å². The number of anilines is 1. The molecule has 0 aliphatic heterocycles. The fourth-order valence-corrected chi connectivity index (χ4v) is 2.79. The van der Waals surface area contributed by atoms with Crippen molar-refractivity contribution in [3.8, 4) is 16.9 Å². The Hall–Kier alpha value is -1.96. The molecule has 0 spiro atoms. The lowest BCUT2D eigenvalue weighted by atomic mass is 9.74. The van der Waals surface area contributed by atoms with Crippen molar-refractivity contribution in [1.82, 2.24) is 0 Å². The molecule has 0 heterocycles. The van der Waals surface area contributed by atoms with E-state index in [4.69, 9.17) is 5.73 Å². The number of nitrogen functional groups attached to an aromatic ring is 1. The van der Waals surface area contributed by atoms with Gasteiger partial charge in [-0.25, -0.2) is 0 Å². The summed E-state index contributed by atoms with van der Waals surface area (Å²) in [5.41, 5.74) is 11.8. The summed E-state index contributed by atoms with van der Waals surface area (Å²) in [4.78, 5) is 0. The molecule has 0 bridgehead atoms. The molecule has 2 aromatic carbocycles. The van der Waals surface area contributed by atoms with E-state index in [0.29, 0.717) is 0 Å². The van der Waals surface area contributed by atoms with Crippen LogP contribution in [0, 0.1) is 0 Å². The maximum atomic E-state index is 9.59. The highest BCUT2D eigenvalue weighted by atomic mass is 16.3. The molecule has 118 valence electrons. The van der Waals surface area contributed by atoms with Gasteiger partial charge in [0, 0.05) is 5.69 Å². The SMILES string of the molecule is CC(C)(C)c1cc(N)cc(C(C)(C)C)c1-c1ccc(O)cc1. The summed E-state index contributed by atoms with van der Waals surface area (Å²) in [6, 6.07) is 11.6. The van der Waals surface area contributed by atoms with Crippen LogP contribution in [0.5, 0.6) is 5.75 Å². The van der Waals surface area contributed by atoms with Gasteiger partial charge in [-0.05, 0) is 57.3 Å². The minimum Gasteiger partial charge on any atom is -0.508 e. The highest BCUT2D eigenvalue weighted by molar-refractivity contribution is 5.76. The zero-order valence-corrected chi connectivity index (χ0v) is 14.5. The third kappa shape index (κ3) is 3.27. The number of nitrogens with two attached hydrogens (primary N) is 1. The topological polar surface area (TPSA) is 46.2 Å². The van der Waals surface area contributed by atoms with Gasteiger partial charge >= 0.3 is 0 Å². The van der Waals surface area contributed by atoms with Gasteiger partial charge in [0.05, 0.1) is 0 Å². The highest BCUT2D eigenvalue weighted by Gasteiger charge is 2.27. The fourth-order valence-electron chi connectivity index (χ4n) is 2.79. The Kier molecular flexibility index (Phi) is 3.99. The van der Waals surface area contributed by atoms with Crippen LogP contribution in [0.2, 0.25) is 0 Å². The van der Waals surface area contributed by atoms with Gasteiger partial charge in [-0.15, -0.1) is 0 Å². The number of phenols is 1. The summed E-state index contributed by atoms with van der Waals surface area (Å²) in [6.45, 7) is 13.2. The van der Waals surface area contributed by atoms with Crippen LogP contribution >= 0.6 is 0 Å². The molecule has 2 nitrogen and oxygen atoms in total. The van der Waals surface area contributed by atoms with E-state index in [0.717, 1.165) is 11.3 Å². The summed E-state index contributed by atoms with van der Waals surface area (Å²) < 4.78 is 0. The van der Waals surface area contributed by atoms with Crippen molar-refractivity contribution >= 4 is 5.69 Å². The molecule has 22 heavy (non-hydrogen) atoms. The van der Waals surface area contributed by atoms with Crippen LogP contribution in [0.1, 0.15) is 52.7 Å². The standard InChI is InChI=1S/C20H27NO/c1-19(2,3)16-11-14(21)12-17(20(4,5)6)18(16)13-7-9-15(22)10-8-13/h7-12,22H,21H2,1-6H3. The van der Waals surface area contributed by atoms with Crippen molar-refractivity contribution in [3.05, 3.63) is 47.5 Å². The molecule has 0 fully saturated rings. The van der Waals surface area contributed by atoms with E-state index in [1.165, 1.54) is 16.7 Å². The maximum Gasteiger partial charge on any atom is 0.115 e. The van der Waals surface area contributed by atoms with Crippen molar-refractivity contribution in [2.75, 3.05) is 5.73 Å². The molecule has 2 rings (SSSR count). The monoisotopic (exact) mass is 297 g/mol. The number of rotatable bonds is 1. The van der Waals surface area contributed by atoms with Gasteiger partial charge in [0.2, 0.25) is 0 Å². The van der Waals surface area contributed by atoms with Gasteiger partial charge in [0.15, 0.2) is 0 Å². The molecule has 2 heteroatoms. The second kappa shape index (κ2) is 5.35. The van der Waals surface area contributed by atoms with E-state index < -0.39 is 0 Å². The summed E-state index contributed by atoms with van der Waals surface area (Å²) in [7, 11) is 0. The van der Waals surface area contributed by atoms with Crippen LogP contribution in [0.25, 0.3) is 11.1 Å². The zero-order valence-electron chi connectivity index (χ0n) is 14.5. The highest BCUT2D eigenvalue weighted by Crippen LogP contribution is 2.42. The van der Waals surface area contributed by atoms with Gasteiger partial charge in [0.1, 0.15) is 5.75 Å². The van der Waals surface area contributed by atoms with E-state index in [-0.39, 0.29) is 16.6 Å². The quantitative estimate of drug-likeness (QED) is 0.707. The van der Waals surface area contributed by atoms with Gasteiger partial charge in [0.25, 0.3) is 0 Å². The summed E-state index contributed by atoms with van der Waals surface area (Å²) in [5, 5.41) is 9.59. The van der Waals surface area contributed by atoms with Crippen molar-refractivity contribution in [3.63, 3.8) is 0 Å². The number of hydrogen-bond acceptors (Lipinski definition) is 2. The molecule has 3 N–H and O–H groups in total. The molecular formula is C20H27NO. The second-order valence-electron chi connectivity index (χ2n) is 8.04. The van der Waals surface area contributed by atoms with E-state index in [2.05, 4.69) is 53.7 Å². The third-order valence-corrected chi connectivity index (χ3v) is 3.93. The molecule has 0 radical (unpaired) electrons.